The molecular weight excluding hydrogens is 316 g/mol. The van der Waals surface area contributed by atoms with Crippen LogP contribution in [-0.2, 0) is 0 Å². The second kappa shape index (κ2) is 6.46. The van der Waals surface area contributed by atoms with E-state index in [4.69, 9.17) is 16.3 Å². The molecule has 0 unspecified atom stereocenters. The van der Waals surface area contributed by atoms with Gasteiger partial charge in [-0.2, -0.15) is 0 Å². The molecule has 0 bridgehead atoms. The van der Waals surface area contributed by atoms with Crippen molar-refractivity contribution in [1.82, 2.24) is 9.88 Å². The Bertz CT molecular complexity index is 787. The highest BCUT2D eigenvalue weighted by molar-refractivity contribution is 6.30. The molecule has 1 N–H and O–H groups in total. The third-order valence-electron chi connectivity index (χ3n) is 3.82. The summed E-state index contributed by atoms with van der Waals surface area (Å²) in [4.78, 5) is 29.0. The van der Waals surface area contributed by atoms with Crippen LogP contribution in [0.2, 0.25) is 5.02 Å². The normalized spacial score (nSPS) is 17.3. The highest BCUT2D eigenvalue weighted by Gasteiger charge is 2.29. The van der Waals surface area contributed by atoms with Crippen LogP contribution in [0.3, 0.4) is 0 Å². The molecular formula is C17H17ClN2O3. The van der Waals surface area contributed by atoms with Gasteiger partial charge < -0.3 is 14.6 Å². The van der Waals surface area contributed by atoms with E-state index in [2.05, 4.69) is 4.98 Å². The Balaban J connectivity index is 1.67. The van der Waals surface area contributed by atoms with Crippen LogP contribution in [0.5, 0.6) is 5.75 Å². The van der Waals surface area contributed by atoms with Crippen molar-refractivity contribution >= 4 is 17.5 Å². The van der Waals surface area contributed by atoms with E-state index in [1.165, 1.54) is 12.3 Å². The number of rotatable bonds is 3. The van der Waals surface area contributed by atoms with Crippen molar-refractivity contribution in [1.29, 1.82) is 0 Å². The van der Waals surface area contributed by atoms with Gasteiger partial charge in [0.2, 0.25) is 0 Å². The van der Waals surface area contributed by atoms with Crippen LogP contribution in [-0.4, -0.2) is 35.0 Å². The van der Waals surface area contributed by atoms with Gasteiger partial charge in [-0.05, 0) is 25.1 Å². The first-order valence-electron chi connectivity index (χ1n) is 7.44. The Morgan fingerprint density at radius 2 is 2.22 bits per heavy atom. The number of aromatic nitrogens is 1. The first-order chi connectivity index (χ1) is 11.0. The van der Waals surface area contributed by atoms with Gasteiger partial charge >= 0.3 is 0 Å². The van der Waals surface area contributed by atoms with Crippen molar-refractivity contribution in [3.05, 3.63) is 63.0 Å². The molecule has 1 saturated heterocycles. The summed E-state index contributed by atoms with van der Waals surface area (Å²) in [6.45, 7) is 2.80. The first-order valence-corrected chi connectivity index (χ1v) is 7.81. The zero-order valence-electron chi connectivity index (χ0n) is 12.7. The SMILES string of the molecule is Cc1cc(=O)c(C(=O)N2CC[C@@H](Oc3cccc(Cl)c3)C2)c[nH]1. The lowest BCUT2D eigenvalue weighted by Crippen LogP contribution is -2.34. The fourth-order valence-corrected chi connectivity index (χ4v) is 2.83. The number of aromatic amines is 1. The Morgan fingerprint density at radius 1 is 1.39 bits per heavy atom. The monoisotopic (exact) mass is 332 g/mol. The van der Waals surface area contributed by atoms with Gasteiger partial charge in [-0.3, -0.25) is 9.59 Å². The summed E-state index contributed by atoms with van der Waals surface area (Å²) < 4.78 is 5.86. The van der Waals surface area contributed by atoms with Gasteiger partial charge in [0.1, 0.15) is 17.4 Å². The first kappa shape index (κ1) is 15.6. The Labute approximate surface area is 138 Å². The molecule has 5 nitrogen and oxygen atoms in total. The lowest BCUT2D eigenvalue weighted by Gasteiger charge is -2.17. The average molecular weight is 333 g/mol. The minimum absolute atomic E-state index is 0.0954. The minimum atomic E-state index is -0.261. The quantitative estimate of drug-likeness (QED) is 0.939. The number of halogens is 1. The predicted molar refractivity (Wildman–Crippen MR) is 88.2 cm³/mol. The van der Waals surface area contributed by atoms with Crippen LogP contribution in [0.1, 0.15) is 22.5 Å². The molecule has 1 aromatic carbocycles. The Morgan fingerprint density at radius 3 is 2.96 bits per heavy atom. The molecule has 1 amide bonds. The number of nitrogens with one attached hydrogen (secondary N) is 1. The van der Waals surface area contributed by atoms with Gasteiger partial charge in [-0.25, -0.2) is 0 Å². The summed E-state index contributed by atoms with van der Waals surface area (Å²) in [5.41, 5.74) is 0.639. The van der Waals surface area contributed by atoms with Gasteiger partial charge in [0.25, 0.3) is 5.91 Å². The van der Waals surface area contributed by atoms with Crippen molar-refractivity contribution in [2.24, 2.45) is 0 Å². The fourth-order valence-electron chi connectivity index (χ4n) is 2.65. The lowest BCUT2D eigenvalue weighted by atomic mass is 10.2. The number of amides is 1. The van der Waals surface area contributed by atoms with Crippen LogP contribution in [0, 0.1) is 6.92 Å². The summed E-state index contributed by atoms with van der Waals surface area (Å²) >= 11 is 5.94. The number of nitrogens with zero attached hydrogens (tertiary/aromatic N) is 1. The molecule has 120 valence electrons. The van der Waals surface area contributed by atoms with E-state index >= 15 is 0 Å². The van der Waals surface area contributed by atoms with Crippen LogP contribution in [0.15, 0.2) is 41.3 Å². The van der Waals surface area contributed by atoms with E-state index in [-0.39, 0.29) is 23.0 Å². The minimum Gasteiger partial charge on any atom is -0.488 e. The molecule has 23 heavy (non-hydrogen) atoms. The fraction of sp³-hybridized carbons (Fsp3) is 0.294. The number of H-pyrrole nitrogens is 1. The Hall–Kier alpha value is -2.27. The number of likely N-dealkylation sites (tertiary alicyclic amines) is 1. The van der Waals surface area contributed by atoms with Gasteiger partial charge in [-0.15, -0.1) is 0 Å². The van der Waals surface area contributed by atoms with Crippen molar-refractivity contribution in [3.63, 3.8) is 0 Å². The molecule has 2 aromatic rings. The molecule has 1 aliphatic rings. The highest BCUT2D eigenvalue weighted by atomic mass is 35.5. The summed E-state index contributed by atoms with van der Waals surface area (Å²) in [6, 6.07) is 8.62. The average Bonchev–Trinajstić information content (AvgIpc) is 2.95. The number of hydrogen-bond donors (Lipinski definition) is 1. The van der Waals surface area contributed by atoms with E-state index < -0.39 is 0 Å². The van der Waals surface area contributed by atoms with Crippen LogP contribution in [0.25, 0.3) is 0 Å². The van der Waals surface area contributed by atoms with Crippen LogP contribution >= 0.6 is 11.6 Å². The third kappa shape index (κ3) is 3.56. The molecule has 1 aliphatic heterocycles. The standard InChI is InChI=1S/C17H17ClN2O3/c1-11-7-16(21)15(9-19-11)17(22)20-6-5-14(10-20)23-13-4-2-3-12(18)8-13/h2-4,7-9,14H,5-6,10H2,1H3,(H,19,21)/t14-/m1/s1. The second-order valence-corrected chi connectivity index (χ2v) is 6.07. The maximum Gasteiger partial charge on any atom is 0.259 e. The topological polar surface area (TPSA) is 62.4 Å². The molecule has 2 heterocycles. The molecule has 3 rings (SSSR count). The summed E-state index contributed by atoms with van der Waals surface area (Å²) in [5, 5.41) is 0.611. The molecule has 0 spiro atoms. The molecule has 1 atom stereocenters. The van der Waals surface area contributed by atoms with Crippen LogP contribution in [0.4, 0.5) is 0 Å². The number of hydrogen-bond acceptors (Lipinski definition) is 3. The van der Waals surface area contributed by atoms with Gasteiger partial charge in [-0.1, -0.05) is 17.7 Å². The van der Waals surface area contributed by atoms with Crippen molar-refractivity contribution in [3.8, 4) is 5.75 Å². The number of pyridine rings is 1. The zero-order valence-corrected chi connectivity index (χ0v) is 13.5. The number of benzene rings is 1. The largest absolute Gasteiger partial charge is 0.488 e. The third-order valence-corrected chi connectivity index (χ3v) is 4.05. The zero-order chi connectivity index (χ0) is 16.4. The lowest BCUT2D eigenvalue weighted by molar-refractivity contribution is 0.0770. The van der Waals surface area contributed by atoms with Crippen molar-refractivity contribution in [2.75, 3.05) is 13.1 Å². The summed E-state index contributed by atoms with van der Waals surface area (Å²) in [7, 11) is 0. The smallest absolute Gasteiger partial charge is 0.259 e. The van der Waals surface area contributed by atoms with Gasteiger partial charge in [0.15, 0.2) is 5.43 Å². The second-order valence-electron chi connectivity index (χ2n) is 5.63. The van der Waals surface area contributed by atoms with E-state index in [9.17, 15) is 9.59 Å². The number of aryl methyl sites for hydroxylation is 1. The van der Waals surface area contributed by atoms with Gasteiger partial charge in [0, 0.05) is 35.9 Å². The van der Waals surface area contributed by atoms with E-state index in [1.54, 1.807) is 24.0 Å². The number of carbonyl (C=O) groups is 1. The van der Waals surface area contributed by atoms with E-state index in [1.807, 2.05) is 12.1 Å². The van der Waals surface area contributed by atoms with Crippen LogP contribution < -0.4 is 10.2 Å². The van der Waals surface area contributed by atoms with E-state index in [0.29, 0.717) is 23.9 Å². The highest BCUT2D eigenvalue weighted by Crippen LogP contribution is 2.22. The number of carbonyl (C=O) groups excluding carboxylic acids is 1. The molecule has 0 aliphatic carbocycles. The van der Waals surface area contributed by atoms with Gasteiger partial charge in [0.05, 0.1) is 6.54 Å². The number of ether oxygens (including phenoxy) is 1. The summed E-state index contributed by atoms with van der Waals surface area (Å²) in [5.74, 6) is 0.424. The molecule has 6 heteroatoms. The van der Waals surface area contributed by atoms with Crippen molar-refractivity contribution < 1.29 is 9.53 Å². The molecule has 0 saturated carbocycles. The maximum atomic E-state index is 12.5. The maximum absolute atomic E-state index is 12.5. The molecule has 0 radical (unpaired) electrons. The van der Waals surface area contributed by atoms with Crippen molar-refractivity contribution in [2.45, 2.75) is 19.4 Å². The predicted octanol–water partition coefficient (Wildman–Crippen LogP) is 2.63. The Kier molecular flexibility index (Phi) is 4.39. The van der Waals surface area contributed by atoms with E-state index in [0.717, 1.165) is 12.1 Å². The molecule has 1 fully saturated rings. The summed E-state index contributed by atoms with van der Waals surface area (Å²) in [6.07, 6.45) is 2.11. The molecule has 1 aromatic heterocycles.